The van der Waals surface area contributed by atoms with E-state index in [2.05, 4.69) is 6.92 Å². The maximum Gasteiger partial charge on any atom is 0.326 e. The van der Waals surface area contributed by atoms with Crippen molar-refractivity contribution in [2.45, 2.75) is 168 Å². The molecule has 0 N–H and O–H groups in total. The highest BCUT2D eigenvalue weighted by molar-refractivity contribution is 5.87. The Labute approximate surface area is 226 Å². The predicted molar refractivity (Wildman–Crippen MR) is 147 cm³/mol. The second kappa shape index (κ2) is 14.0. The third-order valence-corrected chi connectivity index (χ3v) is 7.57. The first kappa shape index (κ1) is 31.6. The van der Waals surface area contributed by atoms with Crippen molar-refractivity contribution in [3.05, 3.63) is 0 Å². The first-order valence-corrected chi connectivity index (χ1v) is 14.8. The number of rotatable bonds is 13. The highest BCUT2D eigenvalue weighted by atomic mass is 16.6. The Hall–Kier alpha value is -1.63. The zero-order valence-electron chi connectivity index (χ0n) is 24.9. The van der Waals surface area contributed by atoms with Crippen LogP contribution in [0.5, 0.6) is 0 Å². The summed E-state index contributed by atoms with van der Waals surface area (Å²) >= 11 is 0. The fraction of sp³-hybridized carbons (Fsp3) is 0.900. The van der Waals surface area contributed by atoms with Gasteiger partial charge in [-0.25, -0.2) is 0 Å². The molecule has 0 aromatic heterocycles. The molecule has 1 saturated heterocycles. The molecule has 3 atom stereocenters. The van der Waals surface area contributed by atoms with Crippen molar-refractivity contribution in [3.8, 4) is 0 Å². The lowest BCUT2D eigenvalue weighted by Gasteiger charge is -2.44. The largest absolute Gasteiger partial charge is 0.461 e. The molecule has 2 fully saturated rings. The smallest absolute Gasteiger partial charge is 0.326 e. The lowest BCUT2D eigenvalue weighted by Crippen LogP contribution is -2.60. The molecule has 0 aromatic rings. The number of amides is 1. The predicted octanol–water partition coefficient (Wildman–Crippen LogP) is 6.02. The minimum Gasteiger partial charge on any atom is -0.461 e. The van der Waals surface area contributed by atoms with Gasteiger partial charge in [-0.05, 0) is 74.1 Å². The summed E-state index contributed by atoms with van der Waals surface area (Å²) in [5.41, 5.74) is -1.04. The van der Waals surface area contributed by atoms with Crippen LogP contribution in [0.25, 0.3) is 0 Å². The molecule has 37 heavy (non-hydrogen) atoms. The van der Waals surface area contributed by atoms with Crippen LogP contribution in [0.3, 0.4) is 0 Å². The van der Waals surface area contributed by atoms with Gasteiger partial charge in [0.25, 0.3) is 0 Å². The maximum atomic E-state index is 14.0. The summed E-state index contributed by atoms with van der Waals surface area (Å²) in [6.45, 7) is 15.7. The number of unbranched alkanes of at least 4 members (excludes halogenated alkanes) is 5. The van der Waals surface area contributed by atoms with Crippen molar-refractivity contribution in [2.75, 3.05) is 6.54 Å². The molecule has 2 aliphatic rings. The first-order chi connectivity index (χ1) is 17.2. The van der Waals surface area contributed by atoms with E-state index in [0.29, 0.717) is 6.42 Å². The molecule has 0 radical (unpaired) electrons. The molecule has 2 rings (SSSR count). The number of hydrogen-bond donors (Lipinski definition) is 0. The SMILES string of the molecule is CCCCCCCCC1CC(N([C@@H](C)C(=O)N(CC(=O)OC(C)(C)C)C2CCCC2)C(C)(C)C)C(=O)O1. The van der Waals surface area contributed by atoms with Crippen molar-refractivity contribution in [1.29, 1.82) is 0 Å². The summed E-state index contributed by atoms with van der Waals surface area (Å²) in [5, 5.41) is 0. The Morgan fingerprint density at radius 3 is 2.16 bits per heavy atom. The molecule has 1 amide bonds. The lowest BCUT2D eigenvalue weighted by molar-refractivity contribution is -0.163. The number of ether oxygens (including phenoxy) is 2. The van der Waals surface area contributed by atoms with Gasteiger partial charge in [0.1, 0.15) is 24.3 Å². The maximum absolute atomic E-state index is 14.0. The molecule has 214 valence electrons. The Morgan fingerprint density at radius 2 is 1.59 bits per heavy atom. The fourth-order valence-electron chi connectivity index (χ4n) is 5.99. The summed E-state index contributed by atoms with van der Waals surface area (Å²) in [6.07, 6.45) is 12.5. The Balaban J connectivity index is 2.12. The van der Waals surface area contributed by atoms with E-state index < -0.39 is 23.2 Å². The second-order valence-electron chi connectivity index (χ2n) is 13.1. The van der Waals surface area contributed by atoms with Gasteiger partial charge in [-0.15, -0.1) is 0 Å². The molecule has 0 bridgehead atoms. The zero-order chi connectivity index (χ0) is 27.8. The van der Waals surface area contributed by atoms with Crippen molar-refractivity contribution in [1.82, 2.24) is 9.80 Å². The number of carbonyl (C=O) groups excluding carboxylic acids is 3. The van der Waals surface area contributed by atoms with Gasteiger partial charge in [-0.2, -0.15) is 0 Å². The Morgan fingerprint density at radius 1 is 1.00 bits per heavy atom. The fourth-order valence-corrected chi connectivity index (χ4v) is 5.99. The number of hydrogen-bond acceptors (Lipinski definition) is 6. The van der Waals surface area contributed by atoms with Crippen LogP contribution in [0.15, 0.2) is 0 Å². The molecule has 7 heteroatoms. The van der Waals surface area contributed by atoms with Gasteiger partial charge in [-0.1, -0.05) is 51.9 Å². The monoisotopic (exact) mass is 522 g/mol. The average molecular weight is 523 g/mol. The van der Waals surface area contributed by atoms with Gasteiger partial charge in [-0.3, -0.25) is 19.3 Å². The van der Waals surface area contributed by atoms with Crippen molar-refractivity contribution < 1.29 is 23.9 Å². The van der Waals surface area contributed by atoms with Gasteiger partial charge in [0.2, 0.25) is 5.91 Å². The van der Waals surface area contributed by atoms with Crippen LogP contribution >= 0.6 is 0 Å². The highest BCUT2D eigenvalue weighted by Gasteiger charge is 2.47. The van der Waals surface area contributed by atoms with Crippen molar-refractivity contribution in [2.24, 2.45) is 0 Å². The number of cyclic esters (lactones) is 1. The zero-order valence-corrected chi connectivity index (χ0v) is 24.9. The lowest BCUT2D eigenvalue weighted by atomic mass is 9.95. The van der Waals surface area contributed by atoms with E-state index in [1.165, 1.54) is 25.7 Å². The van der Waals surface area contributed by atoms with E-state index in [-0.39, 0.29) is 36.5 Å². The number of carbonyl (C=O) groups is 3. The average Bonchev–Trinajstić information content (AvgIpc) is 3.42. The van der Waals surface area contributed by atoms with Crippen molar-refractivity contribution >= 4 is 17.8 Å². The molecule has 0 aromatic carbocycles. The summed E-state index contributed by atoms with van der Waals surface area (Å²) in [7, 11) is 0. The molecule has 7 nitrogen and oxygen atoms in total. The quantitative estimate of drug-likeness (QED) is 0.217. The van der Waals surface area contributed by atoms with Crippen LogP contribution in [-0.2, 0) is 23.9 Å². The van der Waals surface area contributed by atoms with Crippen LogP contribution < -0.4 is 0 Å². The normalized spacial score (nSPS) is 21.8. The molecule has 1 saturated carbocycles. The molecular weight excluding hydrogens is 468 g/mol. The Bertz CT molecular complexity index is 748. The molecule has 2 unspecified atom stereocenters. The molecule has 1 aliphatic carbocycles. The van der Waals surface area contributed by atoms with E-state index in [4.69, 9.17) is 9.47 Å². The van der Waals surface area contributed by atoms with E-state index >= 15 is 0 Å². The van der Waals surface area contributed by atoms with Crippen molar-refractivity contribution in [3.63, 3.8) is 0 Å². The van der Waals surface area contributed by atoms with Gasteiger partial charge in [0.05, 0.1) is 6.04 Å². The summed E-state index contributed by atoms with van der Waals surface area (Å²) in [4.78, 5) is 43.6. The summed E-state index contributed by atoms with van der Waals surface area (Å²) < 4.78 is 11.4. The highest BCUT2D eigenvalue weighted by Crippen LogP contribution is 2.33. The second-order valence-corrected chi connectivity index (χ2v) is 13.1. The van der Waals surface area contributed by atoms with Crippen LogP contribution in [0, 0.1) is 0 Å². The topological polar surface area (TPSA) is 76.2 Å². The van der Waals surface area contributed by atoms with E-state index in [1.807, 2.05) is 53.4 Å². The Kier molecular flexibility index (Phi) is 11.9. The summed E-state index contributed by atoms with van der Waals surface area (Å²) in [6, 6.07) is -0.996. The minimum absolute atomic E-state index is 0.0280. The minimum atomic E-state index is -0.608. The van der Waals surface area contributed by atoms with Crippen LogP contribution in [-0.4, -0.2) is 69.6 Å². The van der Waals surface area contributed by atoms with Gasteiger partial charge in [0.15, 0.2) is 0 Å². The van der Waals surface area contributed by atoms with Gasteiger partial charge in [0, 0.05) is 18.0 Å². The number of esters is 2. The summed E-state index contributed by atoms with van der Waals surface area (Å²) in [5.74, 6) is -0.730. The van der Waals surface area contributed by atoms with Gasteiger partial charge >= 0.3 is 11.9 Å². The molecular formula is C30H54N2O5. The van der Waals surface area contributed by atoms with E-state index in [1.54, 1.807) is 4.90 Å². The molecule has 1 aliphatic heterocycles. The molecule has 1 heterocycles. The van der Waals surface area contributed by atoms with Crippen LogP contribution in [0.2, 0.25) is 0 Å². The van der Waals surface area contributed by atoms with E-state index in [0.717, 1.165) is 44.9 Å². The third kappa shape index (κ3) is 9.88. The molecule has 0 spiro atoms. The van der Waals surface area contributed by atoms with Crippen LogP contribution in [0.4, 0.5) is 0 Å². The first-order valence-electron chi connectivity index (χ1n) is 14.8. The number of nitrogens with zero attached hydrogens (tertiary/aromatic N) is 2. The van der Waals surface area contributed by atoms with Gasteiger partial charge < -0.3 is 14.4 Å². The van der Waals surface area contributed by atoms with Crippen LogP contribution in [0.1, 0.15) is 132 Å². The third-order valence-electron chi connectivity index (χ3n) is 7.57. The standard InChI is InChI=1S/C30H54N2O5/c1-9-10-11-12-13-14-19-24-20-25(28(35)36-24)32(29(3,4)5)22(2)27(34)31(23-17-15-16-18-23)21-26(33)37-30(6,7)8/h22-25H,9-21H2,1-8H3/t22-,24?,25?/m0/s1. The van der Waals surface area contributed by atoms with E-state index in [9.17, 15) is 14.4 Å².